The molecule has 4 nitrogen and oxygen atoms in total. The van der Waals surface area contributed by atoms with E-state index < -0.39 is 6.29 Å². The topological polar surface area (TPSA) is 52.6 Å². The van der Waals surface area contributed by atoms with E-state index in [1.54, 1.807) is 0 Å². The Kier molecular flexibility index (Phi) is 2.20. The molecule has 5 heteroatoms. The van der Waals surface area contributed by atoms with Gasteiger partial charge < -0.3 is 9.47 Å². The van der Waals surface area contributed by atoms with E-state index in [1.165, 1.54) is 24.3 Å². The Morgan fingerprint density at radius 1 is 1.26 bits per heavy atom. The highest BCUT2D eigenvalue weighted by Gasteiger charge is 2.68. The minimum absolute atomic E-state index is 0.0659. The molecule has 2 bridgehead atoms. The van der Waals surface area contributed by atoms with Crippen molar-refractivity contribution < 1.29 is 23.5 Å². The third kappa shape index (κ3) is 1.52. The number of ketones is 2. The molecule has 1 aromatic rings. The molecular formula is C14H11FO4. The van der Waals surface area contributed by atoms with E-state index in [9.17, 15) is 14.0 Å². The van der Waals surface area contributed by atoms with E-state index in [2.05, 4.69) is 0 Å². The maximum absolute atomic E-state index is 12.8. The predicted octanol–water partition coefficient (Wildman–Crippen LogP) is 1.19. The number of Topliss-reactive ketones (excluding diaryl/α,β-unsaturated/α-hetero) is 2. The fraction of sp³-hybridized carbons (Fsp3) is 0.429. The summed E-state index contributed by atoms with van der Waals surface area (Å²) < 4.78 is 23.5. The van der Waals surface area contributed by atoms with Crippen LogP contribution in [0.1, 0.15) is 10.4 Å². The van der Waals surface area contributed by atoms with Crippen molar-refractivity contribution in [3.63, 3.8) is 0 Å². The lowest BCUT2D eigenvalue weighted by Gasteiger charge is -2.14. The van der Waals surface area contributed by atoms with Gasteiger partial charge in [-0.2, -0.15) is 0 Å². The molecule has 19 heavy (non-hydrogen) atoms. The number of rotatable bonds is 2. The highest BCUT2D eigenvalue weighted by atomic mass is 19.1. The summed E-state index contributed by atoms with van der Waals surface area (Å²) in [6.07, 6.45) is -0.931. The van der Waals surface area contributed by atoms with E-state index in [1.807, 2.05) is 0 Å². The molecule has 0 N–H and O–H groups in total. The van der Waals surface area contributed by atoms with Gasteiger partial charge in [0.15, 0.2) is 11.6 Å². The first kappa shape index (κ1) is 11.3. The number of hydrogen-bond acceptors (Lipinski definition) is 4. The fourth-order valence-electron chi connectivity index (χ4n) is 3.24. The maximum atomic E-state index is 12.8. The summed E-state index contributed by atoms with van der Waals surface area (Å²) >= 11 is 0. The average molecular weight is 262 g/mol. The normalized spacial score (nSPS) is 39.0. The number of fused-ring (bicyclic) bond motifs is 4. The van der Waals surface area contributed by atoms with Crippen LogP contribution in [0, 0.1) is 23.6 Å². The average Bonchev–Trinajstić information content (AvgIpc) is 3.02. The summed E-state index contributed by atoms with van der Waals surface area (Å²) in [5.41, 5.74) is 0.449. The van der Waals surface area contributed by atoms with Crippen LogP contribution in [0.4, 0.5) is 4.39 Å². The predicted molar refractivity (Wildman–Crippen MR) is 60.8 cm³/mol. The lowest BCUT2D eigenvalue weighted by molar-refractivity contribution is -0.153. The second-order valence-corrected chi connectivity index (χ2v) is 5.24. The van der Waals surface area contributed by atoms with E-state index in [-0.39, 0.29) is 41.2 Å². The van der Waals surface area contributed by atoms with Gasteiger partial charge in [0.2, 0.25) is 6.29 Å². The molecule has 2 saturated heterocycles. The van der Waals surface area contributed by atoms with Crippen LogP contribution in [0.5, 0.6) is 0 Å². The molecule has 98 valence electrons. The Morgan fingerprint density at radius 3 is 2.74 bits per heavy atom. The number of benzene rings is 1. The largest absolute Gasteiger partial charge is 0.343 e. The van der Waals surface area contributed by atoms with Crippen molar-refractivity contribution in [2.75, 3.05) is 6.61 Å². The summed E-state index contributed by atoms with van der Waals surface area (Å²) in [5, 5.41) is 0. The Bertz CT molecular complexity index is 567. The summed E-state index contributed by atoms with van der Waals surface area (Å²) in [5.74, 6) is -1.26. The van der Waals surface area contributed by atoms with Crippen LogP contribution in [-0.4, -0.2) is 30.6 Å². The lowest BCUT2D eigenvalue weighted by Crippen LogP contribution is -2.30. The molecule has 2 aliphatic heterocycles. The molecule has 0 spiro atoms. The Labute approximate surface area is 108 Å². The van der Waals surface area contributed by atoms with Crippen LogP contribution in [0.25, 0.3) is 0 Å². The third-order valence-electron chi connectivity index (χ3n) is 4.21. The van der Waals surface area contributed by atoms with E-state index >= 15 is 0 Å². The first-order valence-corrected chi connectivity index (χ1v) is 6.27. The fourth-order valence-corrected chi connectivity index (χ4v) is 3.24. The Morgan fingerprint density at radius 2 is 2.00 bits per heavy atom. The van der Waals surface area contributed by atoms with Crippen LogP contribution in [0.3, 0.4) is 0 Å². The number of halogens is 1. The van der Waals surface area contributed by atoms with Gasteiger partial charge in [0.25, 0.3) is 0 Å². The molecule has 1 aliphatic carbocycles. The highest BCUT2D eigenvalue weighted by molar-refractivity contribution is 6.05. The minimum atomic E-state index is -0.780. The molecule has 0 amide bonds. The SMILES string of the molecule is O=C(c1ccc(F)cc1)[C@@H]1[C@H]2C(=O)[C@H]3OC[C@H](O3)[C@@H]12. The molecule has 4 rings (SSSR count). The summed E-state index contributed by atoms with van der Waals surface area (Å²) in [6, 6.07) is 5.43. The molecule has 1 saturated carbocycles. The number of hydrogen-bond donors (Lipinski definition) is 0. The maximum Gasteiger partial charge on any atom is 0.218 e. The smallest absolute Gasteiger partial charge is 0.218 e. The van der Waals surface area contributed by atoms with Crippen molar-refractivity contribution in [2.24, 2.45) is 17.8 Å². The Balaban J connectivity index is 1.60. The van der Waals surface area contributed by atoms with Gasteiger partial charge in [0, 0.05) is 23.3 Å². The van der Waals surface area contributed by atoms with Crippen LogP contribution < -0.4 is 0 Å². The van der Waals surface area contributed by atoms with Gasteiger partial charge in [-0.25, -0.2) is 4.39 Å². The molecule has 0 radical (unpaired) electrons. The van der Waals surface area contributed by atoms with Crippen molar-refractivity contribution in [1.82, 2.24) is 0 Å². The number of carbonyl (C=O) groups is 2. The van der Waals surface area contributed by atoms with Crippen LogP contribution in [0.15, 0.2) is 24.3 Å². The quantitative estimate of drug-likeness (QED) is 0.751. The zero-order chi connectivity index (χ0) is 13.1. The number of ether oxygens (including phenoxy) is 2. The van der Waals surface area contributed by atoms with E-state index in [4.69, 9.17) is 9.47 Å². The molecule has 3 fully saturated rings. The molecule has 1 aromatic carbocycles. The molecule has 5 atom stereocenters. The van der Waals surface area contributed by atoms with Gasteiger partial charge in [0.1, 0.15) is 5.82 Å². The van der Waals surface area contributed by atoms with Gasteiger partial charge in [-0.1, -0.05) is 0 Å². The van der Waals surface area contributed by atoms with Crippen LogP contribution in [-0.2, 0) is 14.3 Å². The van der Waals surface area contributed by atoms with Crippen LogP contribution in [0.2, 0.25) is 0 Å². The molecule has 0 aromatic heterocycles. The highest BCUT2D eigenvalue weighted by Crippen LogP contribution is 2.57. The molecule has 0 unspecified atom stereocenters. The van der Waals surface area contributed by atoms with E-state index in [0.29, 0.717) is 12.2 Å². The van der Waals surface area contributed by atoms with E-state index in [0.717, 1.165) is 0 Å². The third-order valence-corrected chi connectivity index (χ3v) is 4.21. The van der Waals surface area contributed by atoms with Crippen molar-refractivity contribution in [2.45, 2.75) is 12.4 Å². The van der Waals surface area contributed by atoms with Gasteiger partial charge in [-0.15, -0.1) is 0 Å². The zero-order valence-electron chi connectivity index (χ0n) is 9.91. The first-order valence-electron chi connectivity index (χ1n) is 6.27. The standard InChI is InChI=1S/C14H11FO4/c15-7-3-1-6(2-4-7)12(16)10-9-8-5-18-14(19-8)13(17)11(9)10/h1-4,8-11,14H,5H2/t8-,9-,10-,11-,14-/m0/s1. The van der Waals surface area contributed by atoms with Crippen molar-refractivity contribution >= 4 is 11.6 Å². The Hall–Kier alpha value is -1.59. The first-order chi connectivity index (χ1) is 9.16. The molecule has 2 heterocycles. The van der Waals surface area contributed by atoms with Crippen molar-refractivity contribution in [1.29, 1.82) is 0 Å². The monoisotopic (exact) mass is 262 g/mol. The summed E-state index contributed by atoms with van der Waals surface area (Å²) in [4.78, 5) is 24.3. The summed E-state index contributed by atoms with van der Waals surface area (Å²) in [6.45, 7) is 0.380. The zero-order valence-corrected chi connectivity index (χ0v) is 9.91. The number of carbonyl (C=O) groups excluding carboxylic acids is 2. The second kappa shape index (κ2) is 3.71. The molecule has 3 aliphatic rings. The molecular weight excluding hydrogens is 251 g/mol. The van der Waals surface area contributed by atoms with Crippen molar-refractivity contribution in [3.8, 4) is 0 Å². The van der Waals surface area contributed by atoms with Crippen molar-refractivity contribution in [3.05, 3.63) is 35.6 Å². The second-order valence-electron chi connectivity index (χ2n) is 5.24. The van der Waals surface area contributed by atoms with Gasteiger partial charge in [-0.05, 0) is 24.3 Å². The van der Waals surface area contributed by atoms with Gasteiger partial charge >= 0.3 is 0 Å². The van der Waals surface area contributed by atoms with Gasteiger partial charge in [0.05, 0.1) is 12.7 Å². The summed E-state index contributed by atoms with van der Waals surface area (Å²) in [7, 11) is 0. The minimum Gasteiger partial charge on any atom is -0.343 e. The van der Waals surface area contributed by atoms with Crippen LogP contribution >= 0.6 is 0 Å². The lowest BCUT2D eigenvalue weighted by atomic mass is 10.0. The van der Waals surface area contributed by atoms with Gasteiger partial charge in [-0.3, -0.25) is 9.59 Å².